The molecular formula is C22H25ClFN3O3. The molecule has 0 bridgehead atoms. The highest BCUT2D eigenvalue weighted by Crippen LogP contribution is 2.37. The molecule has 2 aliphatic rings. The molecule has 8 heteroatoms. The van der Waals surface area contributed by atoms with Gasteiger partial charge in [0.25, 0.3) is 0 Å². The first-order valence-corrected chi connectivity index (χ1v) is 10.4. The van der Waals surface area contributed by atoms with Crippen molar-refractivity contribution in [2.24, 2.45) is 0 Å². The summed E-state index contributed by atoms with van der Waals surface area (Å²) in [6.07, 6.45) is 2.86. The van der Waals surface area contributed by atoms with Gasteiger partial charge >= 0.3 is 6.03 Å². The Hall–Kier alpha value is -2.51. The van der Waals surface area contributed by atoms with Crippen LogP contribution in [0.25, 0.3) is 0 Å². The van der Waals surface area contributed by atoms with Crippen LogP contribution in [0.5, 0.6) is 11.5 Å². The number of urea groups is 1. The first kappa shape index (κ1) is 20.8. The van der Waals surface area contributed by atoms with E-state index in [9.17, 15) is 9.18 Å². The highest BCUT2D eigenvalue weighted by Gasteiger charge is 2.36. The Kier molecular flexibility index (Phi) is 6.29. The van der Waals surface area contributed by atoms with Crippen LogP contribution in [-0.4, -0.2) is 31.3 Å². The zero-order chi connectivity index (χ0) is 21.1. The van der Waals surface area contributed by atoms with Crippen LogP contribution in [0.3, 0.4) is 0 Å². The number of nitrogens with one attached hydrogen (secondary N) is 3. The molecule has 4 rings (SSSR count). The molecule has 160 valence electrons. The standard InChI is InChI=1S/C22H25ClFN3O3/c1-29-20-9-14(11-25-16-6-7-18-19(10-16)27-22(28)26-18)8-17(23)21(20)30-12-13-2-4-15(24)5-3-13/h2-5,8-9,16,18-19,25H,6-7,10-12H2,1H3,(H2,26,27,28). The number of carbonyl (C=O) groups is 1. The SMILES string of the molecule is COc1cc(CNC2CCC3NC(=O)NC3C2)cc(Cl)c1OCc1ccc(F)cc1. The van der Waals surface area contributed by atoms with Gasteiger partial charge in [-0.05, 0) is 54.7 Å². The summed E-state index contributed by atoms with van der Waals surface area (Å²) in [6, 6.07) is 10.6. The number of ether oxygens (including phenoxy) is 2. The minimum absolute atomic E-state index is 0.0709. The van der Waals surface area contributed by atoms with Gasteiger partial charge in [0.15, 0.2) is 11.5 Å². The Morgan fingerprint density at radius 1 is 1.13 bits per heavy atom. The fourth-order valence-corrected chi connectivity index (χ4v) is 4.37. The van der Waals surface area contributed by atoms with Crippen molar-refractivity contribution in [3.63, 3.8) is 0 Å². The van der Waals surface area contributed by atoms with Crippen LogP contribution in [0.2, 0.25) is 5.02 Å². The quantitative estimate of drug-likeness (QED) is 0.621. The Bertz CT molecular complexity index is 909. The summed E-state index contributed by atoms with van der Waals surface area (Å²) in [6.45, 7) is 0.899. The molecule has 0 spiro atoms. The summed E-state index contributed by atoms with van der Waals surface area (Å²) in [4.78, 5) is 11.5. The van der Waals surface area contributed by atoms with E-state index in [0.29, 0.717) is 29.1 Å². The Morgan fingerprint density at radius 3 is 2.67 bits per heavy atom. The van der Waals surface area contributed by atoms with Crippen molar-refractivity contribution >= 4 is 17.6 Å². The van der Waals surface area contributed by atoms with Gasteiger partial charge in [0, 0.05) is 12.6 Å². The third kappa shape index (κ3) is 4.79. The maximum atomic E-state index is 13.1. The van der Waals surface area contributed by atoms with Gasteiger partial charge in [-0.1, -0.05) is 23.7 Å². The molecule has 1 aliphatic carbocycles. The number of rotatable bonds is 7. The monoisotopic (exact) mass is 433 g/mol. The molecule has 2 fully saturated rings. The fourth-order valence-electron chi connectivity index (χ4n) is 4.08. The largest absolute Gasteiger partial charge is 0.493 e. The Balaban J connectivity index is 1.37. The van der Waals surface area contributed by atoms with Crippen LogP contribution in [-0.2, 0) is 13.2 Å². The van der Waals surface area contributed by atoms with Crippen molar-refractivity contribution in [1.29, 1.82) is 0 Å². The van der Waals surface area contributed by atoms with Crippen LogP contribution >= 0.6 is 11.6 Å². The molecule has 2 amide bonds. The van der Waals surface area contributed by atoms with Gasteiger partial charge in [-0.25, -0.2) is 9.18 Å². The van der Waals surface area contributed by atoms with Crippen molar-refractivity contribution < 1.29 is 18.7 Å². The topological polar surface area (TPSA) is 71.6 Å². The number of hydrogen-bond acceptors (Lipinski definition) is 4. The van der Waals surface area contributed by atoms with Crippen LogP contribution < -0.4 is 25.4 Å². The molecule has 30 heavy (non-hydrogen) atoms. The number of amides is 2. The zero-order valence-electron chi connectivity index (χ0n) is 16.7. The van der Waals surface area contributed by atoms with Crippen molar-refractivity contribution in [2.45, 2.75) is 50.5 Å². The highest BCUT2D eigenvalue weighted by atomic mass is 35.5. The predicted octanol–water partition coefficient (Wildman–Crippen LogP) is 3.76. The van der Waals surface area contributed by atoms with E-state index in [1.54, 1.807) is 19.2 Å². The molecule has 1 saturated heterocycles. The molecule has 3 unspecified atom stereocenters. The van der Waals surface area contributed by atoms with Crippen LogP contribution in [0.15, 0.2) is 36.4 Å². The maximum Gasteiger partial charge on any atom is 0.315 e. The van der Waals surface area contributed by atoms with Gasteiger partial charge in [0.05, 0.1) is 24.2 Å². The minimum atomic E-state index is -0.286. The lowest BCUT2D eigenvalue weighted by Crippen LogP contribution is -2.46. The molecule has 3 N–H and O–H groups in total. The number of methoxy groups -OCH3 is 1. The van der Waals surface area contributed by atoms with E-state index in [4.69, 9.17) is 21.1 Å². The molecule has 6 nitrogen and oxygen atoms in total. The normalized spacial score (nSPS) is 22.8. The second-order valence-corrected chi connectivity index (χ2v) is 8.15. The lowest BCUT2D eigenvalue weighted by atomic mass is 9.88. The second kappa shape index (κ2) is 9.10. The maximum absolute atomic E-state index is 13.1. The van der Waals surface area contributed by atoms with Crippen LogP contribution in [0.1, 0.15) is 30.4 Å². The molecule has 3 atom stereocenters. The number of fused-ring (bicyclic) bond motifs is 1. The van der Waals surface area contributed by atoms with Gasteiger partial charge < -0.3 is 25.4 Å². The van der Waals surface area contributed by atoms with Gasteiger partial charge in [0.2, 0.25) is 0 Å². The summed E-state index contributed by atoms with van der Waals surface area (Å²) >= 11 is 6.47. The zero-order valence-corrected chi connectivity index (χ0v) is 17.5. The van der Waals surface area contributed by atoms with Crippen molar-refractivity contribution in [3.05, 3.63) is 58.4 Å². The molecule has 0 aromatic heterocycles. The van der Waals surface area contributed by atoms with E-state index in [2.05, 4.69) is 16.0 Å². The van der Waals surface area contributed by atoms with Crippen molar-refractivity contribution in [1.82, 2.24) is 16.0 Å². The molecule has 2 aromatic rings. The highest BCUT2D eigenvalue weighted by molar-refractivity contribution is 6.32. The molecule has 0 radical (unpaired) electrons. The van der Waals surface area contributed by atoms with Crippen LogP contribution in [0, 0.1) is 5.82 Å². The van der Waals surface area contributed by atoms with E-state index in [1.807, 2.05) is 12.1 Å². The molecule has 1 saturated carbocycles. The average Bonchev–Trinajstić information content (AvgIpc) is 3.11. The lowest BCUT2D eigenvalue weighted by molar-refractivity contribution is 0.247. The third-order valence-electron chi connectivity index (χ3n) is 5.66. The average molecular weight is 434 g/mol. The first-order valence-electron chi connectivity index (χ1n) is 10.1. The minimum Gasteiger partial charge on any atom is -0.493 e. The van der Waals surface area contributed by atoms with E-state index in [-0.39, 0.29) is 30.5 Å². The van der Waals surface area contributed by atoms with E-state index in [1.165, 1.54) is 12.1 Å². The second-order valence-electron chi connectivity index (χ2n) is 7.75. The summed E-state index contributed by atoms with van der Waals surface area (Å²) in [5.74, 6) is 0.733. The number of halogens is 2. The van der Waals surface area contributed by atoms with Gasteiger partial charge in [-0.2, -0.15) is 0 Å². The molecular weight excluding hydrogens is 409 g/mol. The summed E-state index contributed by atoms with van der Waals surface area (Å²) in [5, 5.41) is 9.96. The Labute approximate surface area is 180 Å². The number of carbonyl (C=O) groups excluding carboxylic acids is 1. The molecule has 1 aliphatic heterocycles. The summed E-state index contributed by atoms with van der Waals surface area (Å²) in [7, 11) is 1.57. The van der Waals surface area contributed by atoms with E-state index in [0.717, 1.165) is 30.4 Å². The molecule has 1 heterocycles. The van der Waals surface area contributed by atoms with Crippen LogP contribution in [0.4, 0.5) is 9.18 Å². The van der Waals surface area contributed by atoms with Crippen molar-refractivity contribution in [2.75, 3.05) is 7.11 Å². The first-order chi connectivity index (χ1) is 14.5. The lowest BCUT2D eigenvalue weighted by Gasteiger charge is -2.31. The third-order valence-corrected chi connectivity index (χ3v) is 5.94. The number of benzene rings is 2. The van der Waals surface area contributed by atoms with Gasteiger partial charge in [-0.15, -0.1) is 0 Å². The smallest absolute Gasteiger partial charge is 0.315 e. The Morgan fingerprint density at radius 2 is 1.90 bits per heavy atom. The van der Waals surface area contributed by atoms with Crippen molar-refractivity contribution in [3.8, 4) is 11.5 Å². The summed E-state index contributed by atoms with van der Waals surface area (Å²) < 4.78 is 24.4. The number of hydrogen-bond donors (Lipinski definition) is 3. The van der Waals surface area contributed by atoms with E-state index >= 15 is 0 Å². The van der Waals surface area contributed by atoms with E-state index < -0.39 is 0 Å². The fraction of sp³-hybridized carbons (Fsp3) is 0.409. The predicted molar refractivity (Wildman–Crippen MR) is 112 cm³/mol. The van der Waals surface area contributed by atoms with Gasteiger partial charge in [0.1, 0.15) is 12.4 Å². The van der Waals surface area contributed by atoms with Gasteiger partial charge in [-0.3, -0.25) is 0 Å². The summed E-state index contributed by atoms with van der Waals surface area (Å²) in [5.41, 5.74) is 1.83. The molecule has 2 aromatic carbocycles.